The Bertz CT molecular complexity index is 1050. The predicted octanol–water partition coefficient (Wildman–Crippen LogP) is 5.25. The van der Waals surface area contributed by atoms with Crippen molar-refractivity contribution in [1.82, 2.24) is 10.2 Å². The highest BCUT2D eigenvalue weighted by atomic mass is 19.1. The fraction of sp³-hybridized carbons (Fsp3) is 0.517. The molecule has 1 unspecified atom stereocenters. The lowest BCUT2D eigenvalue weighted by molar-refractivity contribution is -0.142. The monoisotopic (exact) mass is 462 g/mol. The van der Waals surface area contributed by atoms with Crippen LogP contribution in [0.2, 0.25) is 0 Å². The van der Waals surface area contributed by atoms with Crippen molar-refractivity contribution in [2.75, 3.05) is 19.6 Å². The van der Waals surface area contributed by atoms with Crippen LogP contribution in [0, 0.1) is 18.2 Å². The number of piperidine rings is 2. The van der Waals surface area contributed by atoms with Gasteiger partial charge in [-0.05, 0) is 61.3 Å². The van der Waals surface area contributed by atoms with E-state index < -0.39 is 5.41 Å². The first kappa shape index (κ1) is 23.1. The van der Waals surface area contributed by atoms with E-state index in [0.717, 1.165) is 49.7 Å². The fourth-order valence-electron chi connectivity index (χ4n) is 6.77. The molecule has 180 valence electrons. The number of rotatable bonds is 3. The van der Waals surface area contributed by atoms with Gasteiger partial charge >= 0.3 is 0 Å². The smallest absolute Gasteiger partial charge is 0.233 e. The van der Waals surface area contributed by atoms with Gasteiger partial charge in [0.2, 0.25) is 11.8 Å². The van der Waals surface area contributed by atoms with Crippen LogP contribution in [0.4, 0.5) is 4.39 Å². The molecule has 2 aromatic rings. The molecule has 5 rings (SSSR count). The van der Waals surface area contributed by atoms with Gasteiger partial charge in [-0.2, -0.15) is 0 Å². The fourth-order valence-corrected chi connectivity index (χ4v) is 6.77. The molecule has 5 heteroatoms. The molecule has 2 aliphatic heterocycles. The van der Waals surface area contributed by atoms with Gasteiger partial charge in [0.1, 0.15) is 5.82 Å². The van der Waals surface area contributed by atoms with Crippen molar-refractivity contribution in [2.24, 2.45) is 5.41 Å². The summed E-state index contributed by atoms with van der Waals surface area (Å²) < 4.78 is 14.0. The molecule has 1 N–H and O–H groups in total. The van der Waals surface area contributed by atoms with Crippen molar-refractivity contribution in [2.45, 2.75) is 69.6 Å². The number of hydrogen-bond donors (Lipinski definition) is 1. The van der Waals surface area contributed by atoms with Crippen LogP contribution in [0.1, 0.15) is 74.0 Å². The molecule has 1 saturated carbocycles. The summed E-state index contributed by atoms with van der Waals surface area (Å²) in [5.41, 5.74) is 2.65. The normalized spacial score (nSPS) is 24.0. The molecule has 4 nitrogen and oxygen atoms in total. The third-order valence-electron chi connectivity index (χ3n) is 8.77. The molecule has 0 radical (unpaired) electrons. The molecule has 2 aromatic carbocycles. The number of nitrogens with one attached hydrogen (secondary N) is 1. The van der Waals surface area contributed by atoms with Gasteiger partial charge in [-0.3, -0.25) is 9.59 Å². The van der Waals surface area contributed by atoms with Crippen molar-refractivity contribution in [1.29, 1.82) is 0 Å². The topological polar surface area (TPSA) is 49.4 Å². The lowest BCUT2D eigenvalue weighted by atomic mass is 9.62. The van der Waals surface area contributed by atoms with Gasteiger partial charge in [-0.1, -0.05) is 61.2 Å². The summed E-state index contributed by atoms with van der Waals surface area (Å²) >= 11 is 0. The van der Waals surface area contributed by atoms with E-state index in [9.17, 15) is 14.0 Å². The van der Waals surface area contributed by atoms with Crippen LogP contribution in [-0.2, 0) is 15.0 Å². The molecule has 3 aliphatic rings. The maximum atomic E-state index is 14.1. The van der Waals surface area contributed by atoms with E-state index in [1.54, 1.807) is 12.1 Å². The minimum absolute atomic E-state index is 0.0656. The first-order chi connectivity index (χ1) is 16.4. The molecule has 1 spiro atoms. The SMILES string of the molecule is Cc1ccc(C2(C(=O)N3CCC4(CC3)CC(=O)NCC4c3cccc(F)c3)CCCCC2)cc1. The molecule has 2 amide bonds. The lowest BCUT2D eigenvalue weighted by Gasteiger charge is -2.50. The summed E-state index contributed by atoms with van der Waals surface area (Å²) in [6.45, 7) is 3.93. The Hall–Kier alpha value is -2.69. The highest BCUT2D eigenvalue weighted by Gasteiger charge is 2.49. The van der Waals surface area contributed by atoms with E-state index in [-0.39, 0.29) is 29.0 Å². The van der Waals surface area contributed by atoms with E-state index in [4.69, 9.17) is 0 Å². The zero-order chi connectivity index (χ0) is 23.8. The number of carbonyl (C=O) groups is 2. The molecule has 1 aliphatic carbocycles. The Morgan fingerprint density at radius 2 is 1.71 bits per heavy atom. The van der Waals surface area contributed by atoms with Gasteiger partial charge in [0.25, 0.3) is 0 Å². The molecular weight excluding hydrogens is 427 g/mol. The quantitative estimate of drug-likeness (QED) is 0.677. The summed E-state index contributed by atoms with van der Waals surface area (Å²) in [4.78, 5) is 28.6. The van der Waals surface area contributed by atoms with Crippen LogP contribution >= 0.6 is 0 Å². The maximum Gasteiger partial charge on any atom is 0.233 e. The second kappa shape index (κ2) is 9.16. The Balaban J connectivity index is 1.39. The van der Waals surface area contributed by atoms with E-state index in [1.165, 1.54) is 18.1 Å². The van der Waals surface area contributed by atoms with E-state index in [0.29, 0.717) is 26.1 Å². The Morgan fingerprint density at radius 1 is 1.00 bits per heavy atom. The summed E-state index contributed by atoms with van der Waals surface area (Å²) in [5, 5.41) is 3.00. The van der Waals surface area contributed by atoms with Crippen molar-refractivity contribution in [3.8, 4) is 0 Å². The number of nitrogens with zero attached hydrogens (tertiary/aromatic N) is 1. The van der Waals surface area contributed by atoms with Gasteiger partial charge in [0.05, 0.1) is 5.41 Å². The molecule has 0 bridgehead atoms. The summed E-state index contributed by atoms with van der Waals surface area (Å²) in [6, 6.07) is 15.3. The number of hydrogen-bond acceptors (Lipinski definition) is 2. The lowest BCUT2D eigenvalue weighted by Crippen LogP contribution is -2.56. The summed E-state index contributed by atoms with van der Waals surface area (Å²) in [7, 11) is 0. The zero-order valence-electron chi connectivity index (χ0n) is 20.1. The van der Waals surface area contributed by atoms with Crippen LogP contribution in [0.25, 0.3) is 0 Å². The molecule has 0 aromatic heterocycles. The molecule has 1 atom stereocenters. The minimum atomic E-state index is -0.428. The Kier molecular flexibility index (Phi) is 6.22. The van der Waals surface area contributed by atoms with Crippen LogP contribution in [0.15, 0.2) is 48.5 Å². The van der Waals surface area contributed by atoms with Crippen molar-refractivity contribution in [3.63, 3.8) is 0 Å². The average molecular weight is 463 g/mol. The predicted molar refractivity (Wildman–Crippen MR) is 131 cm³/mol. The van der Waals surface area contributed by atoms with Crippen LogP contribution in [0.5, 0.6) is 0 Å². The van der Waals surface area contributed by atoms with Gasteiger partial charge < -0.3 is 10.2 Å². The number of halogens is 1. The van der Waals surface area contributed by atoms with Gasteiger partial charge in [0, 0.05) is 32.0 Å². The van der Waals surface area contributed by atoms with Gasteiger partial charge in [0.15, 0.2) is 0 Å². The molecule has 3 fully saturated rings. The number of carbonyl (C=O) groups excluding carboxylic acids is 2. The van der Waals surface area contributed by atoms with Crippen LogP contribution in [0.3, 0.4) is 0 Å². The highest BCUT2D eigenvalue weighted by molar-refractivity contribution is 5.88. The standard InChI is InChI=1S/C29H35FN2O2/c1-21-8-10-23(11-9-21)29(12-3-2-4-13-29)27(34)32-16-14-28(15-17-32)19-26(33)31-20-25(28)22-6-5-7-24(30)18-22/h5-11,18,25H,2-4,12-17,19-20H2,1H3,(H,31,33). The van der Waals surface area contributed by atoms with Crippen molar-refractivity contribution < 1.29 is 14.0 Å². The van der Waals surface area contributed by atoms with Gasteiger partial charge in [-0.15, -0.1) is 0 Å². The summed E-state index contributed by atoms with van der Waals surface area (Å²) in [5.74, 6) is 0.151. The minimum Gasteiger partial charge on any atom is -0.355 e. The summed E-state index contributed by atoms with van der Waals surface area (Å²) in [6.07, 6.45) is 7.16. The molecular formula is C29H35FN2O2. The molecule has 2 saturated heterocycles. The van der Waals surface area contributed by atoms with E-state index in [1.807, 2.05) is 6.07 Å². The van der Waals surface area contributed by atoms with E-state index >= 15 is 0 Å². The molecule has 2 heterocycles. The van der Waals surface area contributed by atoms with Crippen molar-refractivity contribution >= 4 is 11.8 Å². The maximum absolute atomic E-state index is 14.1. The second-order valence-electron chi connectivity index (χ2n) is 10.8. The first-order valence-electron chi connectivity index (χ1n) is 12.8. The van der Waals surface area contributed by atoms with Crippen LogP contribution < -0.4 is 5.32 Å². The number of benzene rings is 2. The first-order valence-corrected chi connectivity index (χ1v) is 12.8. The number of amides is 2. The van der Waals surface area contributed by atoms with Gasteiger partial charge in [-0.25, -0.2) is 4.39 Å². The third kappa shape index (κ3) is 4.14. The largest absolute Gasteiger partial charge is 0.355 e. The average Bonchev–Trinajstić information content (AvgIpc) is 2.85. The Morgan fingerprint density at radius 3 is 2.38 bits per heavy atom. The second-order valence-corrected chi connectivity index (χ2v) is 10.8. The zero-order valence-corrected chi connectivity index (χ0v) is 20.1. The molecule has 34 heavy (non-hydrogen) atoms. The number of likely N-dealkylation sites (tertiary alicyclic amines) is 1. The van der Waals surface area contributed by atoms with Crippen LogP contribution in [-0.4, -0.2) is 36.3 Å². The third-order valence-corrected chi connectivity index (χ3v) is 8.77. The Labute approximate surface area is 201 Å². The highest BCUT2D eigenvalue weighted by Crippen LogP contribution is 2.50. The number of aryl methyl sites for hydroxylation is 1. The van der Waals surface area contributed by atoms with Crippen molar-refractivity contribution in [3.05, 3.63) is 71.0 Å². The van der Waals surface area contributed by atoms with E-state index in [2.05, 4.69) is 41.4 Å².